The molecule has 0 fully saturated rings. The first kappa shape index (κ1) is 7.29. The van der Waals surface area contributed by atoms with Crippen molar-refractivity contribution in [3.63, 3.8) is 0 Å². The van der Waals surface area contributed by atoms with Crippen LogP contribution in [0.3, 0.4) is 0 Å². The maximum absolute atomic E-state index is 10.2. The second-order valence-electron chi connectivity index (χ2n) is 1.95. The van der Waals surface area contributed by atoms with E-state index in [0.717, 1.165) is 11.8 Å². The van der Waals surface area contributed by atoms with Crippen LogP contribution in [0.4, 0.5) is 0 Å². The van der Waals surface area contributed by atoms with E-state index < -0.39 is 5.38 Å². The smallest absolute Gasteiger partial charge is 0.142 e. The highest BCUT2D eigenvalue weighted by molar-refractivity contribution is 6.27. The topological polar surface area (TPSA) is 17.1 Å². The summed E-state index contributed by atoms with van der Waals surface area (Å²) in [5, 5.41) is -0.499. The molecule has 0 aliphatic heterocycles. The summed E-state index contributed by atoms with van der Waals surface area (Å²) in [4.78, 5) is 10.2. The Morgan fingerprint density at radius 1 is 1.30 bits per heavy atom. The number of alkyl halides is 1. The minimum Gasteiger partial charge on any atom is -0.301 e. The van der Waals surface area contributed by atoms with Crippen LogP contribution in [0.1, 0.15) is 10.9 Å². The third kappa shape index (κ3) is 1.58. The molecule has 1 nitrogen and oxygen atoms in total. The van der Waals surface area contributed by atoms with Crippen molar-refractivity contribution in [1.82, 2.24) is 0 Å². The van der Waals surface area contributed by atoms with E-state index in [1.54, 1.807) is 0 Å². The van der Waals surface area contributed by atoms with E-state index in [1.165, 1.54) is 0 Å². The maximum Gasteiger partial charge on any atom is 0.142 e. The van der Waals surface area contributed by atoms with Gasteiger partial charge in [0.25, 0.3) is 0 Å². The molecule has 0 radical (unpaired) electrons. The molecule has 0 heterocycles. The lowest BCUT2D eigenvalue weighted by Gasteiger charge is -1.98. The molecule has 0 aliphatic carbocycles. The molecule has 1 atom stereocenters. The third-order valence-corrected chi connectivity index (χ3v) is 1.59. The third-order valence-electron chi connectivity index (χ3n) is 1.24. The molecule has 2 heteroatoms. The van der Waals surface area contributed by atoms with Crippen molar-refractivity contribution in [2.75, 3.05) is 0 Å². The molecule has 10 heavy (non-hydrogen) atoms. The molecule has 0 saturated carbocycles. The quantitative estimate of drug-likeness (QED) is 0.471. The van der Waals surface area contributed by atoms with Gasteiger partial charge in [-0.05, 0) is 5.56 Å². The van der Waals surface area contributed by atoms with Crippen LogP contribution in [0.5, 0.6) is 0 Å². The maximum atomic E-state index is 10.2. The summed E-state index contributed by atoms with van der Waals surface area (Å²) in [5.41, 5.74) is 0.846. The lowest BCUT2D eigenvalue weighted by molar-refractivity contribution is -0.107. The van der Waals surface area contributed by atoms with E-state index in [1.807, 2.05) is 30.3 Å². The number of halogens is 1. The Hall–Kier alpha value is -0.820. The van der Waals surface area contributed by atoms with E-state index in [-0.39, 0.29) is 0 Å². The van der Waals surface area contributed by atoms with Crippen molar-refractivity contribution in [3.8, 4) is 0 Å². The molecule has 0 saturated heterocycles. The van der Waals surface area contributed by atoms with Crippen LogP contribution in [-0.4, -0.2) is 6.29 Å². The van der Waals surface area contributed by atoms with E-state index in [4.69, 9.17) is 11.6 Å². The molecule has 1 unspecified atom stereocenters. The van der Waals surface area contributed by atoms with Gasteiger partial charge in [-0.25, -0.2) is 0 Å². The number of benzene rings is 1. The largest absolute Gasteiger partial charge is 0.301 e. The molecule has 1 aromatic rings. The minimum absolute atomic E-state index is 0.499. The first-order valence-corrected chi connectivity index (χ1v) is 3.42. The van der Waals surface area contributed by atoms with Crippen molar-refractivity contribution in [2.45, 2.75) is 5.38 Å². The first-order valence-electron chi connectivity index (χ1n) is 2.99. The SMILES string of the molecule is O=CC(Cl)c1ccccc1. The summed E-state index contributed by atoms with van der Waals surface area (Å²) in [6.07, 6.45) is 0.719. The zero-order valence-electron chi connectivity index (χ0n) is 5.33. The average molecular weight is 155 g/mol. The van der Waals surface area contributed by atoms with Crippen molar-refractivity contribution in [2.24, 2.45) is 0 Å². The van der Waals surface area contributed by atoms with E-state index >= 15 is 0 Å². The van der Waals surface area contributed by atoms with Gasteiger partial charge in [0.15, 0.2) is 0 Å². The van der Waals surface area contributed by atoms with E-state index in [2.05, 4.69) is 0 Å². The van der Waals surface area contributed by atoms with Gasteiger partial charge in [0.2, 0.25) is 0 Å². The molecule has 0 aromatic heterocycles. The van der Waals surface area contributed by atoms with Crippen LogP contribution in [0.25, 0.3) is 0 Å². The second kappa shape index (κ2) is 3.37. The summed E-state index contributed by atoms with van der Waals surface area (Å²) in [6, 6.07) is 9.25. The van der Waals surface area contributed by atoms with Crippen LogP contribution in [0, 0.1) is 0 Å². The average Bonchev–Trinajstić information content (AvgIpc) is 2.05. The zero-order valence-corrected chi connectivity index (χ0v) is 6.08. The zero-order chi connectivity index (χ0) is 7.40. The van der Waals surface area contributed by atoms with Crippen molar-refractivity contribution < 1.29 is 4.79 Å². The van der Waals surface area contributed by atoms with Crippen LogP contribution in [-0.2, 0) is 4.79 Å². The molecule has 0 amide bonds. The Balaban J connectivity index is 2.84. The van der Waals surface area contributed by atoms with Crippen LogP contribution >= 0.6 is 11.6 Å². The van der Waals surface area contributed by atoms with Crippen LogP contribution < -0.4 is 0 Å². The fourth-order valence-electron chi connectivity index (χ4n) is 0.715. The Bertz CT molecular complexity index is 208. The number of rotatable bonds is 2. The van der Waals surface area contributed by atoms with Crippen molar-refractivity contribution >= 4 is 17.9 Å². The van der Waals surface area contributed by atoms with Gasteiger partial charge in [-0.1, -0.05) is 30.3 Å². The summed E-state index contributed by atoms with van der Waals surface area (Å²) in [6.45, 7) is 0. The summed E-state index contributed by atoms with van der Waals surface area (Å²) < 4.78 is 0. The first-order chi connectivity index (χ1) is 4.84. The number of carbonyl (C=O) groups excluding carboxylic acids is 1. The minimum atomic E-state index is -0.499. The molecule has 1 aromatic carbocycles. The summed E-state index contributed by atoms with van der Waals surface area (Å²) in [5.74, 6) is 0. The Labute approximate surface area is 64.6 Å². The molecule has 0 bridgehead atoms. The number of hydrogen-bond donors (Lipinski definition) is 0. The van der Waals surface area contributed by atoms with Gasteiger partial charge in [-0.15, -0.1) is 11.6 Å². The molecule has 0 spiro atoms. The van der Waals surface area contributed by atoms with Gasteiger partial charge in [-0.2, -0.15) is 0 Å². The van der Waals surface area contributed by atoms with E-state index in [0.29, 0.717) is 0 Å². The van der Waals surface area contributed by atoms with Gasteiger partial charge < -0.3 is 4.79 Å². The van der Waals surface area contributed by atoms with Crippen LogP contribution in [0.2, 0.25) is 0 Å². The predicted octanol–water partition coefficient (Wildman–Crippen LogP) is 2.17. The van der Waals surface area contributed by atoms with Crippen LogP contribution in [0.15, 0.2) is 30.3 Å². The van der Waals surface area contributed by atoms with Gasteiger partial charge in [0.05, 0.1) is 0 Å². The summed E-state index contributed by atoms with van der Waals surface area (Å²) in [7, 11) is 0. The predicted molar refractivity (Wildman–Crippen MR) is 41.1 cm³/mol. The van der Waals surface area contributed by atoms with Crippen molar-refractivity contribution in [1.29, 1.82) is 0 Å². The van der Waals surface area contributed by atoms with Gasteiger partial charge in [0, 0.05) is 0 Å². The van der Waals surface area contributed by atoms with Gasteiger partial charge >= 0.3 is 0 Å². The Kier molecular flexibility index (Phi) is 2.46. The highest BCUT2D eigenvalue weighted by atomic mass is 35.5. The fraction of sp³-hybridized carbons (Fsp3) is 0.125. The molecule has 0 N–H and O–H groups in total. The highest BCUT2D eigenvalue weighted by Gasteiger charge is 2.02. The fourth-order valence-corrected chi connectivity index (χ4v) is 0.861. The highest BCUT2D eigenvalue weighted by Crippen LogP contribution is 2.15. The monoisotopic (exact) mass is 154 g/mol. The Morgan fingerprint density at radius 3 is 2.40 bits per heavy atom. The number of carbonyl (C=O) groups is 1. The summed E-state index contributed by atoms with van der Waals surface area (Å²) >= 11 is 5.62. The number of aldehydes is 1. The lowest BCUT2D eigenvalue weighted by Crippen LogP contribution is -1.88. The van der Waals surface area contributed by atoms with Crippen molar-refractivity contribution in [3.05, 3.63) is 35.9 Å². The van der Waals surface area contributed by atoms with E-state index in [9.17, 15) is 4.79 Å². The second-order valence-corrected chi connectivity index (χ2v) is 2.42. The Morgan fingerprint density at radius 2 is 1.90 bits per heavy atom. The van der Waals surface area contributed by atoms with Gasteiger partial charge in [0.1, 0.15) is 11.7 Å². The number of hydrogen-bond acceptors (Lipinski definition) is 1. The molecular weight excluding hydrogens is 148 g/mol. The molecule has 52 valence electrons. The lowest BCUT2D eigenvalue weighted by atomic mass is 10.2. The normalized spacial score (nSPS) is 12.5. The molecular formula is C8H7ClO. The van der Waals surface area contributed by atoms with Gasteiger partial charge in [-0.3, -0.25) is 0 Å². The molecule has 1 rings (SSSR count). The molecule has 0 aliphatic rings. The standard InChI is InChI=1S/C8H7ClO/c9-8(6-10)7-4-2-1-3-5-7/h1-6,8H.